The quantitative estimate of drug-likeness (QED) is 0.921. The summed E-state index contributed by atoms with van der Waals surface area (Å²) in [7, 11) is 0. The monoisotopic (exact) mass is 266 g/mol. The van der Waals surface area contributed by atoms with Gasteiger partial charge in [-0.3, -0.25) is 4.68 Å². The van der Waals surface area contributed by atoms with Crippen molar-refractivity contribution in [1.29, 1.82) is 5.26 Å². The molecule has 0 bridgehead atoms. The summed E-state index contributed by atoms with van der Waals surface area (Å²) in [5.74, 6) is 0.697. The van der Waals surface area contributed by atoms with Crippen LogP contribution in [0.3, 0.4) is 0 Å². The summed E-state index contributed by atoms with van der Waals surface area (Å²) in [5.41, 5.74) is 1.82. The zero-order valence-corrected chi connectivity index (χ0v) is 11.4. The van der Waals surface area contributed by atoms with E-state index in [-0.39, 0.29) is 0 Å². The Hall–Kier alpha value is -2.28. The van der Waals surface area contributed by atoms with Crippen molar-refractivity contribution in [2.75, 3.05) is 5.32 Å². The van der Waals surface area contributed by atoms with Gasteiger partial charge in [0.2, 0.25) is 0 Å². The number of hydrogen-bond donors (Lipinski definition) is 1. The largest absolute Gasteiger partial charge is 0.363 e. The van der Waals surface area contributed by atoms with Gasteiger partial charge in [-0.15, -0.1) is 0 Å². The molecular weight excluding hydrogens is 248 g/mol. The zero-order valence-electron chi connectivity index (χ0n) is 11.4. The van der Waals surface area contributed by atoms with Crippen LogP contribution in [0.15, 0.2) is 36.5 Å². The van der Waals surface area contributed by atoms with E-state index in [9.17, 15) is 5.26 Å². The Bertz CT molecular complexity index is 603. The first kappa shape index (κ1) is 12.7. The van der Waals surface area contributed by atoms with Gasteiger partial charge in [-0.25, -0.2) is 0 Å². The van der Waals surface area contributed by atoms with Crippen LogP contribution in [0.5, 0.6) is 0 Å². The molecule has 0 saturated heterocycles. The zero-order chi connectivity index (χ0) is 13.8. The third-order valence-corrected chi connectivity index (χ3v) is 3.85. The van der Waals surface area contributed by atoms with Crippen molar-refractivity contribution in [3.05, 3.63) is 47.7 Å². The molecule has 0 unspecified atom stereocenters. The van der Waals surface area contributed by atoms with E-state index in [0.29, 0.717) is 24.0 Å². The van der Waals surface area contributed by atoms with Crippen LogP contribution >= 0.6 is 0 Å². The van der Waals surface area contributed by atoms with Crippen LogP contribution in [0.4, 0.5) is 5.82 Å². The van der Waals surface area contributed by atoms with Gasteiger partial charge in [-0.05, 0) is 18.4 Å². The third-order valence-electron chi connectivity index (χ3n) is 3.85. The maximum Gasteiger partial charge on any atom is 0.166 e. The van der Waals surface area contributed by atoms with E-state index in [1.165, 1.54) is 31.2 Å². The second-order valence-corrected chi connectivity index (χ2v) is 5.26. The number of benzene rings is 1. The molecule has 1 aromatic carbocycles. The standard InChI is InChI=1S/C16H18N4/c17-10-14-12-20(15-8-4-5-9-15)19-16(14)18-11-13-6-2-1-3-7-13/h1-3,6-7,12,15H,4-5,8-9,11H2,(H,18,19). The van der Waals surface area contributed by atoms with E-state index in [1.807, 2.05) is 29.1 Å². The number of nitrogens with one attached hydrogen (secondary N) is 1. The minimum absolute atomic E-state index is 0.467. The van der Waals surface area contributed by atoms with Crippen molar-refractivity contribution < 1.29 is 0 Å². The fraction of sp³-hybridized carbons (Fsp3) is 0.375. The smallest absolute Gasteiger partial charge is 0.166 e. The maximum absolute atomic E-state index is 9.23. The van der Waals surface area contributed by atoms with E-state index in [4.69, 9.17) is 0 Å². The van der Waals surface area contributed by atoms with Gasteiger partial charge in [0, 0.05) is 12.7 Å². The van der Waals surface area contributed by atoms with Crippen molar-refractivity contribution in [2.24, 2.45) is 0 Å². The molecule has 20 heavy (non-hydrogen) atoms. The Morgan fingerprint density at radius 2 is 2.00 bits per heavy atom. The fourth-order valence-electron chi connectivity index (χ4n) is 2.74. The molecule has 4 heteroatoms. The Labute approximate surface area is 119 Å². The highest BCUT2D eigenvalue weighted by Crippen LogP contribution is 2.30. The summed E-state index contributed by atoms with van der Waals surface area (Å²) in [4.78, 5) is 0. The van der Waals surface area contributed by atoms with Gasteiger partial charge in [0.05, 0.1) is 6.04 Å². The highest BCUT2D eigenvalue weighted by Gasteiger charge is 2.19. The molecule has 1 heterocycles. The molecule has 1 aromatic heterocycles. The first-order valence-corrected chi connectivity index (χ1v) is 7.14. The average molecular weight is 266 g/mol. The minimum Gasteiger partial charge on any atom is -0.363 e. The third kappa shape index (κ3) is 2.67. The Balaban J connectivity index is 1.73. The molecule has 1 aliphatic rings. The van der Waals surface area contributed by atoms with E-state index < -0.39 is 0 Å². The van der Waals surface area contributed by atoms with Crippen LogP contribution in [0.25, 0.3) is 0 Å². The number of rotatable bonds is 4. The molecule has 1 N–H and O–H groups in total. The van der Waals surface area contributed by atoms with Gasteiger partial charge in [-0.1, -0.05) is 43.2 Å². The Morgan fingerprint density at radius 3 is 2.70 bits per heavy atom. The lowest BCUT2D eigenvalue weighted by Gasteiger charge is -2.08. The molecule has 102 valence electrons. The molecule has 1 saturated carbocycles. The van der Waals surface area contributed by atoms with Gasteiger partial charge in [-0.2, -0.15) is 10.4 Å². The van der Waals surface area contributed by atoms with E-state index >= 15 is 0 Å². The minimum atomic E-state index is 0.467. The maximum atomic E-state index is 9.23. The van der Waals surface area contributed by atoms with Crippen LogP contribution in [0.2, 0.25) is 0 Å². The molecule has 0 radical (unpaired) electrons. The molecule has 0 aliphatic heterocycles. The van der Waals surface area contributed by atoms with Gasteiger partial charge in [0.25, 0.3) is 0 Å². The van der Waals surface area contributed by atoms with Crippen molar-refractivity contribution in [3.8, 4) is 6.07 Å². The van der Waals surface area contributed by atoms with Crippen molar-refractivity contribution in [3.63, 3.8) is 0 Å². The van der Waals surface area contributed by atoms with E-state index in [0.717, 1.165) is 0 Å². The number of aromatic nitrogens is 2. The normalized spacial score (nSPS) is 15.2. The highest BCUT2D eigenvalue weighted by molar-refractivity contribution is 5.51. The second kappa shape index (κ2) is 5.79. The van der Waals surface area contributed by atoms with Crippen LogP contribution in [-0.4, -0.2) is 9.78 Å². The SMILES string of the molecule is N#Cc1cn(C2CCCC2)nc1NCc1ccccc1. The number of nitriles is 1. The summed E-state index contributed by atoms with van der Waals surface area (Å²) in [6, 6.07) is 12.8. The number of anilines is 1. The summed E-state index contributed by atoms with van der Waals surface area (Å²) >= 11 is 0. The number of nitrogens with zero attached hydrogens (tertiary/aromatic N) is 3. The second-order valence-electron chi connectivity index (χ2n) is 5.26. The first-order chi connectivity index (χ1) is 9.86. The summed E-state index contributed by atoms with van der Waals surface area (Å²) in [5, 5.41) is 17.1. The van der Waals surface area contributed by atoms with Crippen LogP contribution < -0.4 is 5.32 Å². The van der Waals surface area contributed by atoms with Gasteiger partial charge in [0.1, 0.15) is 11.6 Å². The summed E-state index contributed by atoms with van der Waals surface area (Å²) < 4.78 is 1.97. The number of hydrogen-bond acceptors (Lipinski definition) is 3. The molecule has 0 amide bonds. The molecule has 0 atom stereocenters. The Morgan fingerprint density at radius 1 is 1.25 bits per heavy atom. The predicted molar refractivity (Wildman–Crippen MR) is 78.2 cm³/mol. The molecular formula is C16H18N4. The molecule has 1 fully saturated rings. The lowest BCUT2D eigenvalue weighted by Crippen LogP contribution is -2.06. The van der Waals surface area contributed by atoms with Gasteiger partial charge < -0.3 is 5.32 Å². The van der Waals surface area contributed by atoms with Crippen LogP contribution in [0, 0.1) is 11.3 Å². The van der Waals surface area contributed by atoms with Crippen LogP contribution in [0.1, 0.15) is 42.9 Å². The van der Waals surface area contributed by atoms with Gasteiger partial charge >= 0.3 is 0 Å². The lowest BCUT2D eigenvalue weighted by molar-refractivity contribution is 0.468. The Kier molecular flexibility index (Phi) is 3.69. The molecule has 3 rings (SSSR count). The van der Waals surface area contributed by atoms with E-state index in [2.05, 4.69) is 28.6 Å². The lowest BCUT2D eigenvalue weighted by atomic mass is 10.2. The van der Waals surface area contributed by atoms with Crippen molar-refractivity contribution in [2.45, 2.75) is 38.3 Å². The van der Waals surface area contributed by atoms with Gasteiger partial charge in [0.15, 0.2) is 5.82 Å². The molecule has 4 nitrogen and oxygen atoms in total. The predicted octanol–water partition coefficient (Wildman–Crippen LogP) is 3.48. The fourth-order valence-corrected chi connectivity index (χ4v) is 2.74. The topological polar surface area (TPSA) is 53.6 Å². The summed E-state index contributed by atoms with van der Waals surface area (Å²) in [6.07, 6.45) is 6.75. The molecule has 2 aromatic rings. The van der Waals surface area contributed by atoms with Crippen LogP contribution in [-0.2, 0) is 6.54 Å². The van der Waals surface area contributed by atoms with E-state index in [1.54, 1.807) is 0 Å². The first-order valence-electron chi connectivity index (χ1n) is 7.14. The molecule has 1 aliphatic carbocycles. The average Bonchev–Trinajstić information content (AvgIpc) is 3.15. The highest BCUT2D eigenvalue weighted by atomic mass is 15.3. The van der Waals surface area contributed by atoms with Crippen molar-refractivity contribution in [1.82, 2.24) is 9.78 Å². The van der Waals surface area contributed by atoms with Crippen molar-refractivity contribution >= 4 is 5.82 Å². The summed E-state index contributed by atoms with van der Waals surface area (Å²) in [6.45, 7) is 0.692. The molecule has 0 spiro atoms.